The SMILES string of the molecule is CN=C(NCc1noc(C)n1)N(C)CCOc1ccc(F)cc1. The number of hydrogen-bond acceptors (Lipinski definition) is 5. The van der Waals surface area contributed by atoms with Crippen LogP contribution in [0.5, 0.6) is 5.75 Å². The van der Waals surface area contributed by atoms with Gasteiger partial charge in [0.2, 0.25) is 5.89 Å². The van der Waals surface area contributed by atoms with Gasteiger partial charge >= 0.3 is 0 Å². The summed E-state index contributed by atoms with van der Waals surface area (Å²) in [7, 11) is 3.59. The number of hydrogen-bond donors (Lipinski definition) is 1. The molecule has 2 rings (SSSR count). The van der Waals surface area contributed by atoms with Crippen LogP contribution in [-0.2, 0) is 6.54 Å². The van der Waals surface area contributed by atoms with Crippen molar-refractivity contribution in [3.8, 4) is 5.75 Å². The van der Waals surface area contributed by atoms with Crippen LogP contribution in [-0.4, -0.2) is 48.2 Å². The summed E-state index contributed by atoms with van der Waals surface area (Å²) in [6.07, 6.45) is 0. The molecule has 0 aliphatic carbocycles. The van der Waals surface area contributed by atoms with Crippen molar-refractivity contribution in [3.05, 3.63) is 41.8 Å². The standard InChI is InChI=1S/C15H20FN5O2/c1-11-19-14(20-23-11)10-18-15(17-2)21(3)8-9-22-13-6-4-12(16)5-7-13/h4-7H,8-10H2,1-3H3,(H,17,18). The predicted octanol–water partition coefficient (Wildman–Crippen LogP) is 1.60. The highest BCUT2D eigenvalue weighted by Crippen LogP contribution is 2.10. The second-order valence-electron chi connectivity index (χ2n) is 4.85. The molecule has 0 aliphatic rings. The molecule has 0 saturated carbocycles. The Morgan fingerprint density at radius 2 is 2.13 bits per heavy atom. The monoisotopic (exact) mass is 321 g/mol. The van der Waals surface area contributed by atoms with Crippen molar-refractivity contribution in [1.29, 1.82) is 0 Å². The maximum atomic E-state index is 12.8. The summed E-state index contributed by atoms with van der Waals surface area (Å²) >= 11 is 0. The van der Waals surface area contributed by atoms with Gasteiger partial charge < -0.3 is 19.5 Å². The summed E-state index contributed by atoms with van der Waals surface area (Å²) in [5, 5.41) is 6.95. The maximum Gasteiger partial charge on any atom is 0.223 e. The molecule has 8 heteroatoms. The highest BCUT2D eigenvalue weighted by Gasteiger charge is 2.08. The Hall–Kier alpha value is -2.64. The zero-order valence-corrected chi connectivity index (χ0v) is 13.4. The molecule has 124 valence electrons. The minimum Gasteiger partial charge on any atom is -0.492 e. The van der Waals surface area contributed by atoms with E-state index in [2.05, 4.69) is 20.4 Å². The molecule has 0 radical (unpaired) electrons. The van der Waals surface area contributed by atoms with E-state index in [1.807, 2.05) is 11.9 Å². The number of guanidine groups is 1. The lowest BCUT2D eigenvalue weighted by Crippen LogP contribution is -2.40. The number of ether oxygens (including phenoxy) is 1. The Labute approximate surface area is 134 Å². The van der Waals surface area contributed by atoms with E-state index in [0.29, 0.717) is 43.1 Å². The van der Waals surface area contributed by atoms with Crippen LogP contribution < -0.4 is 10.1 Å². The summed E-state index contributed by atoms with van der Waals surface area (Å²) < 4.78 is 23.3. The van der Waals surface area contributed by atoms with Gasteiger partial charge in [0.25, 0.3) is 0 Å². The van der Waals surface area contributed by atoms with Crippen molar-refractivity contribution < 1.29 is 13.7 Å². The maximum absolute atomic E-state index is 12.8. The van der Waals surface area contributed by atoms with Crippen molar-refractivity contribution in [2.24, 2.45) is 4.99 Å². The van der Waals surface area contributed by atoms with E-state index in [-0.39, 0.29) is 5.82 Å². The Morgan fingerprint density at radius 1 is 1.39 bits per heavy atom. The number of aryl methyl sites for hydroxylation is 1. The molecule has 0 saturated heterocycles. The third kappa shape index (κ3) is 5.24. The average Bonchev–Trinajstić information content (AvgIpc) is 2.95. The van der Waals surface area contributed by atoms with Gasteiger partial charge in [0.1, 0.15) is 18.2 Å². The van der Waals surface area contributed by atoms with Gasteiger partial charge in [0.05, 0.1) is 13.1 Å². The van der Waals surface area contributed by atoms with Gasteiger partial charge in [-0.05, 0) is 24.3 Å². The summed E-state index contributed by atoms with van der Waals surface area (Å²) in [6.45, 7) is 3.23. The fourth-order valence-electron chi connectivity index (χ4n) is 1.89. The number of benzene rings is 1. The van der Waals surface area contributed by atoms with Crippen molar-refractivity contribution in [1.82, 2.24) is 20.4 Å². The molecule has 1 N–H and O–H groups in total. The van der Waals surface area contributed by atoms with Gasteiger partial charge in [0, 0.05) is 21.0 Å². The quantitative estimate of drug-likeness (QED) is 0.643. The topological polar surface area (TPSA) is 75.8 Å². The van der Waals surface area contributed by atoms with Gasteiger partial charge in [-0.3, -0.25) is 4.99 Å². The summed E-state index contributed by atoms with van der Waals surface area (Å²) in [6, 6.07) is 5.93. The molecule has 0 fully saturated rings. The Kier molecular flexibility index (Phi) is 5.90. The van der Waals surface area contributed by atoms with Crippen LogP contribution in [0.4, 0.5) is 4.39 Å². The largest absolute Gasteiger partial charge is 0.492 e. The summed E-state index contributed by atoms with van der Waals surface area (Å²) in [5.74, 6) is 2.13. The number of nitrogens with one attached hydrogen (secondary N) is 1. The molecule has 0 aliphatic heterocycles. The molecule has 0 amide bonds. The van der Waals surface area contributed by atoms with Gasteiger partial charge in [-0.1, -0.05) is 5.16 Å². The lowest BCUT2D eigenvalue weighted by molar-refractivity contribution is 0.281. The van der Waals surface area contributed by atoms with Crippen LogP contribution in [0, 0.1) is 12.7 Å². The van der Waals surface area contributed by atoms with Crippen LogP contribution in [0.3, 0.4) is 0 Å². The lowest BCUT2D eigenvalue weighted by Gasteiger charge is -2.21. The number of halogens is 1. The molecule has 1 aromatic heterocycles. The molecule has 1 aromatic carbocycles. The van der Waals surface area contributed by atoms with Gasteiger partial charge in [-0.15, -0.1) is 0 Å². The van der Waals surface area contributed by atoms with E-state index in [9.17, 15) is 4.39 Å². The first-order valence-corrected chi connectivity index (χ1v) is 7.18. The van der Waals surface area contributed by atoms with E-state index in [0.717, 1.165) is 0 Å². The second-order valence-corrected chi connectivity index (χ2v) is 4.85. The predicted molar refractivity (Wildman–Crippen MR) is 83.8 cm³/mol. The Bertz CT molecular complexity index is 642. The number of nitrogens with zero attached hydrogens (tertiary/aromatic N) is 4. The average molecular weight is 321 g/mol. The smallest absolute Gasteiger partial charge is 0.223 e. The molecule has 0 atom stereocenters. The van der Waals surface area contributed by atoms with Gasteiger partial charge in [-0.25, -0.2) is 4.39 Å². The first-order chi connectivity index (χ1) is 11.1. The van der Waals surface area contributed by atoms with Crippen LogP contribution in [0.15, 0.2) is 33.8 Å². The third-order valence-electron chi connectivity index (χ3n) is 3.06. The van der Waals surface area contributed by atoms with Crippen molar-refractivity contribution >= 4 is 5.96 Å². The molecular weight excluding hydrogens is 301 g/mol. The van der Waals surface area contributed by atoms with Crippen LogP contribution in [0.1, 0.15) is 11.7 Å². The Balaban J connectivity index is 1.76. The molecule has 23 heavy (non-hydrogen) atoms. The molecule has 2 aromatic rings. The summed E-state index contributed by atoms with van der Waals surface area (Å²) in [4.78, 5) is 10.2. The normalized spacial score (nSPS) is 11.4. The molecule has 0 bridgehead atoms. The highest BCUT2D eigenvalue weighted by atomic mass is 19.1. The van der Waals surface area contributed by atoms with Gasteiger partial charge in [-0.2, -0.15) is 4.98 Å². The van der Waals surface area contributed by atoms with Crippen LogP contribution in [0.25, 0.3) is 0 Å². The number of likely N-dealkylation sites (N-methyl/N-ethyl adjacent to an activating group) is 1. The first kappa shape index (κ1) is 16.7. The Morgan fingerprint density at radius 3 is 2.74 bits per heavy atom. The van der Waals surface area contributed by atoms with Crippen LogP contribution >= 0.6 is 0 Å². The molecule has 0 unspecified atom stereocenters. The first-order valence-electron chi connectivity index (χ1n) is 7.18. The van der Waals surface area contributed by atoms with Crippen molar-refractivity contribution in [2.45, 2.75) is 13.5 Å². The zero-order valence-electron chi connectivity index (χ0n) is 13.4. The number of aliphatic imine (C=N–C) groups is 1. The van der Waals surface area contributed by atoms with E-state index >= 15 is 0 Å². The molecule has 0 spiro atoms. The van der Waals surface area contributed by atoms with Crippen molar-refractivity contribution in [2.75, 3.05) is 27.2 Å². The minimum absolute atomic E-state index is 0.282. The summed E-state index contributed by atoms with van der Waals surface area (Å²) in [5.41, 5.74) is 0. The van der Waals surface area contributed by atoms with E-state index < -0.39 is 0 Å². The number of aromatic nitrogens is 2. The molecular formula is C15H20FN5O2. The van der Waals surface area contributed by atoms with Crippen LogP contribution in [0.2, 0.25) is 0 Å². The third-order valence-corrected chi connectivity index (χ3v) is 3.06. The van der Waals surface area contributed by atoms with E-state index in [1.165, 1.54) is 12.1 Å². The van der Waals surface area contributed by atoms with E-state index in [1.54, 1.807) is 26.1 Å². The van der Waals surface area contributed by atoms with Gasteiger partial charge in [0.15, 0.2) is 11.8 Å². The number of rotatable bonds is 6. The minimum atomic E-state index is -0.282. The van der Waals surface area contributed by atoms with E-state index in [4.69, 9.17) is 9.26 Å². The zero-order chi connectivity index (χ0) is 16.7. The fourth-order valence-corrected chi connectivity index (χ4v) is 1.89. The fraction of sp³-hybridized carbons (Fsp3) is 0.400. The molecule has 7 nitrogen and oxygen atoms in total. The lowest BCUT2D eigenvalue weighted by atomic mass is 10.3. The van der Waals surface area contributed by atoms with Crippen molar-refractivity contribution in [3.63, 3.8) is 0 Å². The second kappa shape index (κ2) is 8.11. The molecule has 1 heterocycles. The highest BCUT2D eigenvalue weighted by molar-refractivity contribution is 5.79.